The van der Waals surface area contributed by atoms with Gasteiger partial charge in [0.15, 0.2) is 6.10 Å². The Hall–Kier alpha value is -2.19. The second-order valence-electron chi connectivity index (χ2n) is 14.5. The Morgan fingerprint density at radius 1 is 0.592 bits per heavy atom. The third kappa shape index (κ3) is 31.5. The Balaban J connectivity index is 4.44. The second kappa shape index (κ2) is 33.0. The van der Waals surface area contributed by atoms with Crippen LogP contribution < -0.4 is 5.11 Å². The van der Waals surface area contributed by atoms with Gasteiger partial charge in [0, 0.05) is 19.3 Å². The molecule has 0 aliphatic carbocycles. The summed E-state index contributed by atoms with van der Waals surface area (Å²) in [5.74, 6) is -1.77. The maximum Gasteiger partial charge on any atom is 0.306 e. The Morgan fingerprint density at radius 2 is 1.04 bits per heavy atom. The molecule has 0 saturated carbocycles. The molecule has 0 aromatic heterocycles. The van der Waals surface area contributed by atoms with Gasteiger partial charge in [-0.3, -0.25) is 9.59 Å². The molecule has 2 atom stereocenters. The van der Waals surface area contributed by atoms with Gasteiger partial charge >= 0.3 is 11.9 Å². The molecule has 0 rings (SSSR count). The molecule has 8 heteroatoms. The predicted molar refractivity (Wildman–Crippen MR) is 199 cm³/mol. The number of carboxylic acids is 1. The van der Waals surface area contributed by atoms with Gasteiger partial charge in [0.1, 0.15) is 12.6 Å². The van der Waals surface area contributed by atoms with Crippen LogP contribution in [0.3, 0.4) is 0 Å². The highest BCUT2D eigenvalue weighted by Gasteiger charge is 2.25. The maximum atomic E-state index is 12.6. The SMILES string of the molecule is CCCC/C=C/CCCCCCCC(=O)OCC(COCCC(C(=O)[O-])[N+](C)(C)C)OC(=O)CCCCC/C=C/CCCCCCCCC. The van der Waals surface area contributed by atoms with E-state index in [9.17, 15) is 19.5 Å². The average Bonchev–Trinajstić information content (AvgIpc) is 3.05. The minimum Gasteiger partial charge on any atom is -0.544 e. The van der Waals surface area contributed by atoms with E-state index >= 15 is 0 Å². The predicted octanol–water partition coefficient (Wildman–Crippen LogP) is 8.80. The van der Waals surface area contributed by atoms with Crippen LogP contribution in [0, 0.1) is 0 Å². The molecule has 0 N–H and O–H groups in total. The zero-order valence-corrected chi connectivity index (χ0v) is 32.4. The number of rotatable bonds is 35. The molecule has 0 bridgehead atoms. The number of esters is 2. The van der Waals surface area contributed by atoms with Gasteiger partial charge in [-0.25, -0.2) is 0 Å². The molecule has 0 heterocycles. The quantitative estimate of drug-likeness (QED) is 0.0283. The number of quaternary nitrogens is 1. The first kappa shape index (κ1) is 46.8. The van der Waals surface area contributed by atoms with Crippen LogP contribution in [0.2, 0.25) is 0 Å². The Labute approximate surface area is 301 Å². The second-order valence-corrected chi connectivity index (χ2v) is 14.5. The highest BCUT2D eigenvalue weighted by molar-refractivity contribution is 5.70. The number of hydrogen-bond donors (Lipinski definition) is 0. The summed E-state index contributed by atoms with van der Waals surface area (Å²) in [7, 11) is 5.39. The monoisotopic (exact) mass is 694 g/mol. The van der Waals surface area contributed by atoms with E-state index in [0.29, 0.717) is 12.8 Å². The molecule has 0 amide bonds. The van der Waals surface area contributed by atoms with E-state index in [1.54, 1.807) is 21.1 Å². The van der Waals surface area contributed by atoms with Crippen molar-refractivity contribution in [2.75, 3.05) is 41.0 Å². The first-order chi connectivity index (χ1) is 23.6. The third-order valence-electron chi connectivity index (χ3n) is 8.81. The largest absolute Gasteiger partial charge is 0.544 e. The smallest absolute Gasteiger partial charge is 0.306 e. The first-order valence-corrected chi connectivity index (χ1v) is 19.9. The van der Waals surface area contributed by atoms with Crippen molar-refractivity contribution in [3.8, 4) is 0 Å². The van der Waals surface area contributed by atoms with E-state index in [0.717, 1.165) is 64.2 Å². The number of ether oxygens (including phenoxy) is 3. The van der Waals surface area contributed by atoms with E-state index < -0.39 is 18.1 Å². The molecular formula is C41H75NO7. The van der Waals surface area contributed by atoms with Crippen LogP contribution in [0.15, 0.2) is 24.3 Å². The van der Waals surface area contributed by atoms with Crippen LogP contribution in [0.1, 0.15) is 168 Å². The van der Waals surface area contributed by atoms with E-state index in [4.69, 9.17) is 14.2 Å². The summed E-state index contributed by atoms with van der Waals surface area (Å²) in [5.41, 5.74) is 0. The first-order valence-electron chi connectivity index (χ1n) is 19.9. The molecule has 0 aliphatic heterocycles. The number of carboxylic acid groups (broad SMARTS) is 1. The Kier molecular flexibility index (Phi) is 31.5. The van der Waals surface area contributed by atoms with Gasteiger partial charge in [-0.2, -0.15) is 0 Å². The number of allylic oxidation sites excluding steroid dienone is 4. The van der Waals surface area contributed by atoms with Crippen molar-refractivity contribution in [1.82, 2.24) is 0 Å². The fraction of sp³-hybridized carbons (Fsp3) is 0.829. The van der Waals surface area contributed by atoms with Crippen LogP contribution in [-0.4, -0.2) is 75.5 Å². The standard InChI is InChI=1S/C41H75NO7/c1-6-8-10-12-14-16-18-19-20-22-24-26-28-30-32-40(44)49-37(35-47-34-33-38(41(45)46)42(3,4)5)36-48-39(43)31-29-27-25-23-21-17-15-13-11-9-7-2/h13,15,20,22,37-38H,6-12,14,16-19,21,23-36H2,1-5H3/b15-13+,22-20+. The van der Waals surface area contributed by atoms with Gasteiger partial charge in [0.05, 0.1) is 40.3 Å². The molecule has 0 radical (unpaired) electrons. The summed E-state index contributed by atoms with van der Waals surface area (Å²) in [4.78, 5) is 36.6. The molecule has 0 spiro atoms. The maximum absolute atomic E-state index is 12.6. The van der Waals surface area contributed by atoms with Crippen LogP contribution in [0.5, 0.6) is 0 Å². The zero-order valence-electron chi connectivity index (χ0n) is 32.4. The third-order valence-corrected chi connectivity index (χ3v) is 8.81. The minimum atomic E-state index is -1.13. The number of carbonyl (C=O) groups is 3. The van der Waals surface area contributed by atoms with Crippen molar-refractivity contribution in [3.63, 3.8) is 0 Å². The number of carbonyl (C=O) groups excluding carboxylic acids is 3. The van der Waals surface area contributed by atoms with Gasteiger partial charge in [0.25, 0.3) is 0 Å². The molecule has 0 saturated heterocycles. The molecule has 286 valence electrons. The molecule has 2 unspecified atom stereocenters. The van der Waals surface area contributed by atoms with E-state index in [-0.39, 0.29) is 42.7 Å². The highest BCUT2D eigenvalue weighted by atomic mass is 16.6. The van der Waals surface area contributed by atoms with Crippen molar-refractivity contribution in [2.24, 2.45) is 0 Å². The normalized spacial score (nSPS) is 13.2. The summed E-state index contributed by atoms with van der Waals surface area (Å²) in [6.07, 6.45) is 33.4. The highest BCUT2D eigenvalue weighted by Crippen LogP contribution is 2.13. The van der Waals surface area contributed by atoms with Gasteiger partial charge in [-0.1, -0.05) is 115 Å². The van der Waals surface area contributed by atoms with E-state index in [2.05, 4.69) is 38.2 Å². The number of nitrogens with zero attached hydrogens (tertiary/aromatic N) is 1. The van der Waals surface area contributed by atoms with E-state index in [1.165, 1.54) is 70.6 Å². The summed E-state index contributed by atoms with van der Waals surface area (Å²) in [6.45, 7) is 4.58. The van der Waals surface area contributed by atoms with Gasteiger partial charge in [-0.15, -0.1) is 0 Å². The molecule has 49 heavy (non-hydrogen) atoms. The molecule has 0 aromatic carbocycles. The van der Waals surface area contributed by atoms with Crippen LogP contribution in [0.4, 0.5) is 0 Å². The summed E-state index contributed by atoms with van der Waals surface area (Å²) in [6, 6.07) is -0.726. The van der Waals surface area contributed by atoms with Crippen molar-refractivity contribution in [2.45, 2.75) is 180 Å². The van der Waals surface area contributed by atoms with Gasteiger partial charge in [-0.05, 0) is 57.8 Å². The zero-order chi connectivity index (χ0) is 36.4. The Bertz CT molecular complexity index is 864. The lowest BCUT2D eigenvalue weighted by atomic mass is 10.1. The number of unbranched alkanes of at least 4 members (excludes halogenated alkanes) is 17. The lowest BCUT2D eigenvalue weighted by Crippen LogP contribution is -2.55. The number of hydrogen-bond acceptors (Lipinski definition) is 7. The van der Waals surface area contributed by atoms with Crippen LogP contribution >= 0.6 is 0 Å². The Morgan fingerprint density at radius 3 is 1.55 bits per heavy atom. The van der Waals surface area contributed by atoms with Crippen LogP contribution in [0.25, 0.3) is 0 Å². The molecule has 0 aromatic rings. The summed E-state index contributed by atoms with van der Waals surface area (Å²) in [5, 5.41) is 11.6. The van der Waals surface area contributed by atoms with Crippen molar-refractivity contribution >= 4 is 17.9 Å². The van der Waals surface area contributed by atoms with Gasteiger partial charge in [0.2, 0.25) is 0 Å². The van der Waals surface area contributed by atoms with Crippen molar-refractivity contribution in [1.29, 1.82) is 0 Å². The van der Waals surface area contributed by atoms with Gasteiger partial charge < -0.3 is 28.6 Å². The van der Waals surface area contributed by atoms with Crippen molar-refractivity contribution < 1.29 is 38.2 Å². The molecule has 8 nitrogen and oxygen atoms in total. The lowest BCUT2D eigenvalue weighted by molar-refractivity contribution is -0.889. The fourth-order valence-electron chi connectivity index (χ4n) is 5.63. The van der Waals surface area contributed by atoms with Crippen LogP contribution in [-0.2, 0) is 28.6 Å². The average molecular weight is 694 g/mol. The van der Waals surface area contributed by atoms with E-state index in [1.807, 2.05) is 0 Å². The lowest BCUT2D eigenvalue weighted by Gasteiger charge is -2.34. The summed E-state index contributed by atoms with van der Waals surface area (Å²) < 4.78 is 17.1. The number of likely N-dealkylation sites (N-methyl/N-ethyl adjacent to an activating group) is 1. The summed E-state index contributed by atoms with van der Waals surface area (Å²) >= 11 is 0. The minimum absolute atomic E-state index is 0.0341. The molecule has 0 aliphatic rings. The topological polar surface area (TPSA) is 102 Å². The van der Waals surface area contributed by atoms with Crippen molar-refractivity contribution in [3.05, 3.63) is 24.3 Å². The molecule has 0 fully saturated rings. The fourth-order valence-corrected chi connectivity index (χ4v) is 5.63. The molecular weight excluding hydrogens is 618 g/mol. The number of aliphatic carboxylic acids is 1.